The molecular weight excluding hydrogens is 211 g/mol. The summed E-state index contributed by atoms with van der Waals surface area (Å²) in [5.74, 6) is 0. The van der Waals surface area contributed by atoms with Crippen LogP contribution >= 0.6 is 0 Å². The van der Waals surface area contributed by atoms with E-state index in [4.69, 9.17) is 9.84 Å². The normalized spacial score (nSPS) is 29.4. The average Bonchev–Trinajstić information content (AvgIpc) is 2.51. The predicted molar refractivity (Wildman–Crippen MR) is 48.5 cm³/mol. The van der Waals surface area contributed by atoms with Gasteiger partial charge >= 0.3 is 6.18 Å². The molecule has 0 aliphatic carbocycles. The van der Waals surface area contributed by atoms with E-state index in [1.165, 1.54) is 0 Å². The van der Waals surface area contributed by atoms with Crippen molar-refractivity contribution in [1.29, 1.82) is 0 Å². The number of nitrogens with one attached hydrogen (secondary N) is 1. The summed E-state index contributed by atoms with van der Waals surface area (Å²) >= 11 is 0. The minimum absolute atomic E-state index is 0.0664. The van der Waals surface area contributed by atoms with E-state index in [1.807, 2.05) is 6.92 Å². The van der Waals surface area contributed by atoms with Crippen LogP contribution in [0.5, 0.6) is 0 Å². The fourth-order valence-corrected chi connectivity index (χ4v) is 1.69. The van der Waals surface area contributed by atoms with Crippen molar-refractivity contribution in [2.45, 2.75) is 44.2 Å². The van der Waals surface area contributed by atoms with Gasteiger partial charge in [0.05, 0.1) is 31.4 Å². The predicted octanol–water partition coefficient (Wildman–Crippen LogP) is 1.07. The summed E-state index contributed by atoms with van der Waals surface area (Å²) in [4.78, 5) is 0. The summed E-state index contributed by atoms with van der Waals surface area (Å²) < 4.78 is 41.2. The largest absolute Gasteiger partial charge is 0.401 e. The Kier molecular flexibility index (Phi) is 4.36. The maximum Gasteiger partial charge on any atom is 0.401 e. The molecule has 90 valence electrons. The van der Waals surface area contributed by atoms with Crippen LogP contribution in [0.1, 0.15) is 19.8 Å². The molecule has 0 amide bonds. The Hall–Kier alpha value is -0.330. The Morgan fingerprint density at radius 1 is 1.47 bits per heavy atom. The molecule has 0 aromatic heterocycles. The van der Waals surface area contributed by atoms with Crippen molar-refractivity contribution in [3.8, 4) is 0 Å². The van der Waals surface area contributed by atoms with Crippen LogP contribution in [0.2, 0.25) is 0 Å². The van der Waals surface area contributed by atoms with Gasteiger partial charge in [-0.25, -0.2) is 0 Å². The molecule has 1 rings (SSSR count). The second kappa shape index (κ2) is 5.14. The van der Waals surface area contributed by atoms with Gasteiger partial charge in [0, 0.05) is 0 Å². The molecule has 1 fully saturated rings. The molecule has 0 saturated carbocycles. The third kappa shape index (κ3) is 4.36. The number of aliphatic hydroxyl groups is 1. The van der Waals surface area contributed by atoms with Crippen LogP contribution in [0.4, 0.5) is 13.2 Å². The topological polar surface area (TPSA) is 41.5 Å². The fraction of sp³-hybridized carbons (Fsp3) is 1.00. The van der Waals surface area contributed by atoms with Crippen molar-refractivity contribution >= 4 is 0 Å². The molecule has 15 heavy (non-hydrogen) atoms. The van der Waals surface area contributed by atoms with Gasteiger partial charge in [0.25, 0.3) is 0 Å². The van der Waals surface area contributed by atoms with E-state index < -0.39 is 18.8 Å². The lowest BCUT2D eigenvalue weighted by Gasteiger charge is -2.23. The van der Waals surface area contributed by atoms with Gasteiger partial charge < -0.3 is 15.2 Å². The lowest BCUT2D eigenvalue weighted by Crippen LogP contribution is -2.46. The van der Waals surface area contributed by atoms with Gasteiger partial charge in [-0.2, -0.15) is 13.2 Å². The minimum Gasteiger partial charge on any atom is -0.395 e. The molecule has 1 aliphatic rings. The second-order valence-electron chi connectivity index (χ2n) is 3.85. The van der Waals surface area contributed by atoms with Crippen molar-refractivity contribution in [3.63, 3.8) is 0 Å². The standard InChI is InChI=1S/C9H16F3NO2/c1-6-2-3-8(15-6)7(4-14)13-5-9(10,11)12/h6-8,13-14H,2-5H2,1H3. The Balaban J connectivity index is 2.36. The van der Waals surface area contributed by atoms with Gasteiger partial charge in [0.2, 0.25) is 0 Å². The van der Waals surface area contributed by atoms with E-state index in [0.29, 0.717) is 6.42 Å². The van der Waals surface area contributed by atoms with Crippen molar-refractivity contribution in [3.05, 3.63) is 0 Å². The summed E-state index contributed by atoms with van der Waals surface area (Å²) in [5, 5.41) is 11.2. The molecule has 3 nitrogen and oxygen atoms in total. The average molecular weight is 227 g/mol. The van der Waals surface area contributed by atoms with Crippen LogP contribution in [0.15, 0.2) is 0 Å². The van der Waals surface area contributed by atoms with Crippen LogP contribution in [-0.2, 0) is 4.74 Å². The highest BCUT2D eigenvalue weighted by atomic mass is 19.4. The lowest BCUT2D eigenvalue weighted by molar-refractivity contribution is -0.129. The summed E-state index contributed by atoms with van der Waals surface area (Å²) in [5.41, 5.74) is 0. The van der Waals surface area contributed by atoms with E-state index in [1.54, 1.807) is 0 Å². The highest BCUT2D eigenvalue weighted by Crippen LogP contribution is 2.22. The van der Waals surface area contributed by atoms with E-state index in [-0.39, 0.29) is 18.8 Å². The van der Waals surface area contributed by atoms with Gasteiger partial charge in [-0.3, -0.25) is 0 Å². The molecule has 0 spiro atoms. The van der Waals surface area contributed by atoms with Gasteiger partial charge in [0.15, 0.2) is 0 Å². The zero-order valence-corrected chi connectivity index (χ0v) is 8.55. The summed E-state index contributed by atoms with van der Waals surface area (Å²) in [6, 6.07) is -0.628. The maximum atomic E-state index is 11.9. The van der Waals surface area contributed by atoms with Gasteiger partial charge in [0.1, 0.15) is 0 Å². The Bertz CT molecular complexity index is 198. The van der Waals surface area contributed by atoms with Crippen LogP contribution in [-0.4, -0.2) is 42.7 Å². The number of rotatable bonds is 4. The minimum atomic E-state index is -4.25. The molecule has 0 radical (unpaired) electrons. The first-order chi connectivity index (χ1) is 6.92. The first kappa shape index (κ1) is 12.7. The number of halogens is 3. The van der Waals surface area contributed by atoms with Crippen LogP contribution in [0, 0.1) is 0 Å². The molecule has 2 N–H and O–H groups in total. The van der Waals surface area contributed by atoms with E-state index in [0.717, 1.165) is 6.42 Å². The van der Waals surface area contributed by atoms with Gasteiger partial charge in [-0.15, -0.1) is 0 Å². The van der Waals surface area contributed by atoms with Crippen LogP contribution in [0.25, 0.3) is 0 Å². The second-order valence-corrected chi connectivity index (χ2v) is 3.85. The molecule has 3 unspecified atom stereocenters. The number of aliphatic hydroxyl groups excluding tert-OH is 1. The Labute approximate surface area is 86.6 Å². The van der Waals surface area contributed by atoms with E-state index in [2.05, 4.69) is 5.32 Å². The molecule has 0 bridgehead atoms. The highest BCUT2D eigenvalue weighted by molar-refractivity contribution is 4.83. The van der Waals surface area contributed by atoms with Crippen molar-refractivity contribution in [2.75, 3.05) is 13.2 Å². The molecule has 0 aromatic carbocycles. The quantitative estimate of drug-likeness (QED) is 0.754. The van der Waals surface area contributed by atoms with Crippen LogP contribution < -0.4 is 5.32 Å². The molecule has 0 aromatic rings. The van der Waals surface area contributed by atoms with Crippen LogP contribution in [0.3, 0.4) is 0 Å². The highest BCUT2D eigenvalue weighted by Gasteiger charge is 2.33. The smallest absolute Gasteiger partial charge is 0.395 e. The molecule has 1 heterocycles. The Morgan fingerprint density at radius 2 is 2.13 bits per heavy atom. The first-order valence-electron chi connectivity index (χ1n) is 4.99. The molecule has 3 atom stereocenters. The van der Waals surface area contributed by atoms with E-state index >= 15 is 0 Å². The zero-order chi connectivity index (χ0) is 11.5. The summed E-state index contributed by atoms with van der Waals surface area (Å²) in [6.45, 7) is 0.443. The number of alkyl halides is 3. The van der Waals surface area contributed by atoms with Gasteiger partial charge in [-0.05, 0) is 19.8 Å². The van der Waals surface area contributed by atoms with Crippen molar-refractivity contribution in [2.24, 2.45) is 0 Å². The van der Waals surface area contributed by atoms with Crippen molar-refractivity contribution < 1.29 is 23.0 Å². The maximum absolute atomic E-state index is 11.9. The number of hydrogen-bond donors (Lipinski definition) is 2. The Morgan fingerprint density at radius 3 is 2.53 bits per heavy atom. The summed E-state index contributed by atoms with van der Waals surface area (Å²) in [7, 11) is 0. The molecule has 6 heteroatoms. The lowest BCUT2D eigenvalue weighted by atomic mass is 10.1. The SMILES string of the molecule is CC1CCC(C(CO)NCC(F)(F)F)O1. The number of hydrogen-bond acceptors (Lipinski definition) is 3. The van der Waals surface area contributed by atoms with E-state index in [9.17, 15) is 13.2 Å². The third-order valence-corrected chi connectivity index (χ3v) is 2.47. The molecular formula is C9H16F3NO2. The van der Waals surface area contributed by atoms with Crippen molar-refractivity contribution in [1.82, 2.24) is 5.32 Å². The fourth-order valence-electron chi connectivity index (χ4n) is 1.69. The zero-order valence-electron chi connectivity index (χ0n) is 8.55. The molecule has 1 saturated heterocycles. The molecule has 1 aliphatic heterocycles. The third-order valence-electron chi connectivity index (χ3n) is 2.47. The summed E-state index contributed by atoms with van der Waals surface area (Å²) in [6.07, 6.45) is -2.98. The van der Waals surface area contributed by atoms with Gasteiger partial charge in [-0.1, -0.05) is 0 Å². The number of ether oxygens (including phenoxy) is 1. The monoisotopic (exact) mass is 227 g/mol. The first-order valence-corrected chi connectivity index (χ1v) is 4.99.